The van der Waals surface area contributed by atoms with Crippen molar-refractivity contribution in [2.45, 2.75) is 33.2 Å². The molecule has 1 saturated heterocycles. The Hall–Kier alpha value is -2.01. The monoisotopic (exact) mass is 355 g/mol. The fraction of sp³-hybridized carbons (Fsp3) is 0.400. The Bertz CT molecular complexity index is 820. The Morgan fingerprint density at radius 2 is 2.04 bits per heavy atom. The number of thioether (sulfide) groups is 1. The molecule has 0 atom stereocenters. The van der Waals surface area contributed by atoms with Gasteiger partial charge in [0.15, 0.2) is 5.17 Å². The molecule has 1 fully saturated rings. The lowest BCUT2D eigenvalue weighted by Gasteiger charge is -2.42. The lowest BCUT2D eigenvalue weighted by atomic mass is 9.88. The van der Waals surface area contributed by atoms with Crippen LogP contribution in [0.25, 0.3) is 11.6 Å². The second-order valence-corrected chi connectivity index (χ2v) is 7.99. The number of carbonyl (C=O) groups is 1. The molecule has 25 heavy (non-hydrogen) atoms. The van der Waals surface area contributed by atoms with Crippen molar-refractivity contribution in [2.24, 2.45) is 4.99 Å². The van der Waals surface area contributed by atoms with E-state index in [4.69, 9.17) is 0 Å². The molecule has 1 aromatic carbocycles. The van der Waals surface area contributed by atoms with Crippen LogP contribution in [-0.4, -0.2) is 42.2 Å². The second kappa shape index (κ2) is 6.37. The van der Waals surface area contributed by atoms with Gasteiger partial charge in [-0.25, -0.2) is 0 Å². The summed E-state index contributed by atoms with van der Waals surface area (Å²) in [6.07, 6.45) is 4.28. The van der Waals surface area contributed by atoms with Crippen LogP contribution in [0.1, 0.15) is 38.8 Å². The lowest BCUT2D eigenvalue weighted by molar-refractivity contribution is -0.121. The number of allylic oxidation sites excluding steroid dienone is 1. The molecule has 0 radical (unpaired) electrons. The van der Waals surface area contributed by atoms with E-state index in [2.05, 4.69) is 61.9 Å². The Morgan fingerprint density at radius 1 is 1.32 bits per heavy atom. The average Bonchev–Trinajstić information content (AvgIpc) is 2.83. The highest BCUT2D eigenvalue weighted by Gasteiger charge is 2.31. The van der Waals surface area contributed by atoms with E-state index in [9.17, 15) is 4.79 Å². The summed E-state index contributed by atoms with van der Waals surface area (Å²) >= 11 is 1.43. The highest BCUT2D eigenvalue weighted by Crippen LogP contribution is 2.40. The molecule has 0 bridgehead atoms. The Kier molecular flexibility index (Phi) is 4.54. The third-order valence-corrected chi connectivity index (χ3v) is 5.96. The third-order valence-electron chi connectivity index (χ3n) is 4.81. The zero-order valence-corrected chi connectivity index (χ0v) is 16.6. The molecule has 5 heteroatoms. The fourth-order valence-corrected chi connectivity index (χ4v) is 4.60. The highest BCUT2D eigenvalue weighted by atomic mass is 32.2. The Labute approximate surface area is 154 Å². The first-order chi connectivity index (χ1) is 11.8. The van der Waals surface area contributed by atoms with Crippen molar-refractivity contribution in [3.8, 4) is 0 Å². The summed E-state index contributed by atoms with van der Waals surface area (Å²) in [4.78, 5) is 21.2. The van der Waals surface area contributed by atoms with Crippen molar-refractivity contribution in [3.63, 3.8) is 0 Å². The van der Waals surface area contributed by atoms with Gasteiger partial charge in [0.1, 0.15) is 0 Å². The molecule has 4 nitrogen and oxygen atoms in total. The number of likely N-dealkylation sites (N-methyl/N-ethyl adjacent to an activating group) is 2. The van der Waals surface area contributed by atoms with Gasteiger partial charge in [-0.3, -0.25) is 14.7 Å². The molecule has 0 aromatic heterocycles. The Morgan fingerprint density at radius 3 is 2.64 bits per heavy atom. The smallest absolute Gasteiger partial charge is 0.266 e. The number of aliphatic imine (C=N–C) groups is 1. The normalized spacial score (nSPS) is 22.6. The summed E-state index contributed by atoms with van der Waals surface area (Å²) < 4.78 is 0. The maximum absolute atomic E-state index is 12.4. The molecule has 2 aliphatic heterocycles. The summed E-state index contributed by atoms with van der Waals surface area (Å²) in [7, 11) is 3.47. The first-order valence-corrected chi connectivity index (χ1v) is 9.36. The number of carbonyl (C=O) groups excluding carboxylic acids is 1. The summed E-state index contributed by atoms with van der Waals surface area (Å²) in [5.74, 6) is 0.00639. The maximum atomic E-state index is 12.4. The van der Waals surface area contributed by atoms with E-state index < -0.39 is 0 Å². The van der Waals surface area contributed by atoms with Gasteiger partial charge in [-0.1, -0.05) is 12.1 Å². The van der Waals surface area contributed by atoms with Gasteiger partial charge in [-0.05, 0) is 68.8 Å². The van der Waals surface area contributed by atoms with E-state index in [1.54, 1.807) is 19.0 Å². The molecule has 0 saturated carbocycles. The van der Waals surface area contributed by atoms with Gasteiger partial charge >= 0.3 is 0 Å². The van der Waals surface area contributed by atoms with E-state index in [-0.39, 0.29) is 11.4 Å². The van der Waals surface area contributed by atoms with Gasteiger partial charge < -0.3 is 4.90 Å². The van der Waals surface area contributed by atoms with Gasteiger partial charge in [0.05, 0.1) is 10.4 Å². The molecule has 0 N–H and O–H groups in total. The van der Waals surface area contributed by atoms with Crippen LogP contribution in [0.2, 0.25) is 0 Å². The minimum atomic E-state index is 0.00639. The summed E-state index contributed by atoms with van der Waals surface area (Å²) in [5, 5.41) is 0.740. The van der Waals surface area contributed by atoms with E-state index >= 15 is 0 Å². The van der Waals surface area contributed by atoms with Gasteiger partial charge in [-0.15, -0.1) is 0 Å². The van der Waals surface area contributed by atoms with Crippen molar-refractivity contribution in [1.29, 1.82) is 0 Å². The minimum absolute atomic E-state index is 0.00639. The SMILES string of the molecule is CCN1c2ccc(/C=C3\SC(=NC)N(C)C3=O)cc2C(C)=CC1(C)C. The number of rotatable bonds is 2. The fourth-order valence-electron chi connectivity index (χ4n) is 3.67. The lowest BCUT2D eigenvalue weighted by Crippen LogP contribution is -2.44. The van der Waals surface area contributed by atoms with Crippen LogP contribution in [-0.2, 0) is 4.79 Å². The number of anilines is 1. The average molecular weight is 356 g/mol. The van der Waals surface area contributed by atoms with Crippen molar-refractivity contribution < 1.29 is 4.79 Å². The van der Waals surface area contributed by atoms with Crippen LogP contribution in [0.4, 0.5) is 5.69 Å². The molecule has 1 amide bonds. The van der Waals surface area contributed by atoms with Crippen LogP contribution in [0.3, 0.4) is 0 Å². The van der Waals surface area contributed by atoms with Crippen molar-refractivity contribution in [1.82, 2.24) is 4.90 Å². The zero-order valence-electron chi connectivity index (χ0n) is 15.8. The highest BCUT2D eigenvalue weighted by molar-refractivity contribution is 8.18. The summed E-state index contributed by atoms with van der Waals surface area (Å²) in [6.45, 7) is 9.79. The molecule has 2 heterocycles. The number of amides is 1. The topological polar surface area (TPSA) is 35.9 Å². The number of benzene rings is 1. The van der Waals surface area contributed by atoms with Crippen LogP contribution in [0.5, 0.6) is 0 Å². The Balaban J connectivity index is 2.02. The predicted octanol–water partition coefficient (Wildman–Crippen LogP) is 4.24. The number of hydrogen-bond acceptors (Lipinski definition) is 4. The predicted molar refractivity (Wildman–Crippen MR) is 109 cm³/mol. The molecule has 1 aromatic rings. The molecule has 0 aliphatic carbocycles. The molecule has 132 valence electrons. The molecular weight excluding hydrogens is 330 g/mol. The van der Waals surface area contributed by atoms with Crippen LogP contribution < -0.4 is 4.90 Å². The van der Waals surface area contributed by atoms with Gasteiger partial charge in [0, 0.05) is 31.9 Å². The molecule has 0 spiro atoms. The number of amidine groups is 1. The second-order valence-electron chi connectivity index (χ2n) is 6.98. The third kappa shape index (κ3) is 3.01. The number of nitrogens with zero attached hydrogens (tertiary/aromatic N) is 3. The van der Waals surface area contributed by atoms with E-state index in [1.165, 1.54) is 28.6 Å². The van der Waals surface area contributed by atoms with E-state index in [0.717, 1.165) is 17.3 Å². The quantitative estimate of drug-likeness (QED) is 0.745. The van der Waals surface area contributed by atoms with Gasteiger partial charge in [0.25, 0.3) is 5.91 Å². The minimum Gasteiger partial charge on any atom is -0.363 e. The van der Waals surface area contributed by atoms with Crippen LogP contribution >= 0.6 is 11.8 Å². The van der Waals surface area contributed by atoms with Crippen LogP contribution in [0, 0.1) is 0 Å². The van der Waals surface area contributed by atoms with E-state index in [1.807, 2.05) is 6.08 Å². The van der Waals surface area contributed by atoms with Crippen molar-refractivity contribution >= 4 is 40.2 Å². The summed E-state index contributed by atoms with van der Waals surface area (Å²) in [6, 6.07) is 6.45. The molecule has 3 rings (SSSR count). The number of fused-ring (bicyclic) bond motifs is 1. The standard InChI is InChI=1S/C20H25N3OS/c1-7-23-16-9-8-14(10-15(16)13(2)12-20(23,3)4)11-17-18(24)22(6)19(21-5)25-17/h8-12H,7H2,1-6H3/b17-11-,21-19?. The largest absolute Gasteiger partial charge is 0.363 e. The molecular formula is C20H25N3OS. The van der Waals surface area contributed by atoms with Gasteiger partial charge in [0.2, 0.25) is 0 Å². The first kappa shape index (κ1) is 17.8. The van der Waals surface area contributed by atoms with E-state index in [0.29, 0.717) is 4.91 Å². The molecule has 2 aliphatic rings. The number of hydrogen-bond donors (Lipinski definition) is 0. The summed E-state index contributed by atoms with van der Waals surface area (Å²) in [5.41, 5.74) is 4.84. The van der Waals surface area contributed by atoms with Gasteiger partial charge in [-0.2, -0.15) is 0 Å². The van der Waals surface area contributed by atoms with Crippen LogP contribution in [0.15, 0.2) is 34.2 Å². The van der Waals surface area contributed by atoms with Crippen molar-refractivity contribution in [2.75, 3.05) is 25.5 Å². The maximum Gasteiger partial charge on any atom is 0.266 e. The molecule has 0 unspecified atom stereocenters. The first-order valence-electron chi connectivity index (χ1n) is 8.54. The van der Waals surface area contributed by atoms with Crippen molar-refractivity contribution in [3.05, 3.63) is 40.3 Å². The zero-order chi connectivity index (χ0) is 18.4.